The van der Waals surface area contributed by atoms with E-state index in [0.29, 0.717) is 11.1 Å². The van der Waals surface area contributed by atoms with Crippen LogP contribution in [0.3, 0.4) is 0 Å². The predicted octanol–water partition coefficient (Wildman–Crippen LogP) is 6.07. The van der Waals surface area contributed by atoms with Crippen LogP contribution in [0.4, 0.5) is 0 Å². The number of halogens is 1. The molecule has 0 fully saturated rings. The Labute approximate surface area is 158 Å². The van der Waals surface area contributed by atoms with Crippen molar-refractivity contribution in [3.05, 3.63) is 77.3 Å². The van der Waals surface area contributed by atoms with Crippen molar-refractivity contribution in [1.29, 1.82) is 0 Å². The summed E-state index contributed by atoms with van der Waals surface area (Å²) in [4.78, 5) is 9.73. The molecule has 3 nitrogen and oxygen atoms in total. The van der Waals surface area contributed by atoms with E-state index in [1.54, 1.807) is 0 Å². The lowest BCUT2D eigenvalue weighted by Gasteiger charge is -2.13. The number of aromatic nitrogens is 2. The maximum atomic E-state index is 11.1. The zero-order chi connectivity index (χ0) is 17.7. The van der Waals surface area contributed by atoms with Crippen molar-refractivity contribution in [3.63, 3.8) is 0 Å². The maximum absolute atomic E-state index is 11.1. The lowest BCUT2D eigenvalue weighted by molar-refractivity contribution is 0.484. The van der Waals surface area contributed by atoms with Crippen LogP contribution in [0.15, 0.2) is 77.3 Å². The second kappa shape index (κ2) is 5.78. The van der Waals surface area contributed by atoms with Gasteiger partial charge in [-0.3, -0.25) is 0 Å². The lowest BCUT2D eigenvalue weighted by atomic mass is 9.97. The van der Waals surface area contributed by atoms with Crippen LogP contribution in [-0.2, 0) is 0 Å². The zero-order valence-corrected chi connectivity index (χ0v) is 15.2. The maximum Gasteiger partial charge on any atom is 0.133 e. The molecule has 0 radical (unpaired) electrons. The van der Waals surface area contributed by atoms with Gasteiger partial charge in [0.25, 0.3) is 0 Å². The van der Waals surface area contributed by atoms with Crippen molar-refractivity contribution >= 4 is 48.8 Å². The summed E-state index contributed by atoms with van der Waals surface area (Å²) in [7, 11) is 0. The molecule has 5 rings (SSSR count). The molecule has 1 aromatic heterocycles. The molecule has 0 unspecified atom stereocenters. The molecule has 0 aliphatic heterocycles. The van der Waals surface area contributed by atoms with Crippen LogP contribution in [-0.4, -0.2) is 15.1 Å². The molecule has 124 valence electrons. The van der Waals surface area contributed by atoms with E-state index >= 15 is 0 Å². The molecule has 0 saturated carbocycles. The van der Waals surface area contributed by atoms with Gasteiger partial charge in [-0.05, 0) is 29.8 Å². The highest BCUT2D eigenvalue weighted by molar-refractivity contribution is 9.10. The fraction of sp³-hybridized carbons (Fsp3) is 0. The first kappa shape index (κ1) is 15.3. The molecule has 1 N–H and O–H groups in total. The number of phenolic OH excluding ortho intramolecular Hbond substituents is 1. The van der Waals surface area contributed by atoms with Crippen LogP contribution >= 0.6 is 15.9 Å². The third kappa shape index (κ3) is 2.26. The van der Waals surface area contributed by atoms with Crippen LogP contribution < -0.4 is 0 Å². The standard InChI is InChI=1S/C22H13BrN2O/c23-14-7-5-6-13(12-14)19-21-20(15-8-1-2-9-16(15)22(19)26)24-17-10-3-4-11-18(17)25-21/h1-12,26H. The van der Waals surface area contributed by atoms with Gasteiger partial charge in [0.05, 0.1) is 22.1 Å². The third-order valence-corrected chi connectivity index (χ3v) is 5.09. The average molecular weight is 401 g/mol. The number of phenols is 1. The van der Waals surface area contributed by atoms with Crippen LogP contribution in [0.2, 0.25) is 0 Å². The highest BCUT2D eigenvalue weighted by atomic mass is 79.9. The highest BCUT2D eigenvalue weighted by Crippen LogP contribution is 2.42. The van der Waals surface area contributed by atoms with Gasteiger partial charge in [-0.25, -0.2) is 9.97 Å². The number of benzene rings is 4. The number of rotatable bonds is 1. The van der Waals surface area contributed by atoms with E-state index in [2.05, 4.69) is 15.9 Å². The molecule has 5 aromatic rings. The largest absolute Gasteiger partial charge is 0.507 e. The normalized spacial score (nSPS) is 11.4. The molecule has 4 heteroatoms. The highest BCUT2D eigenvalue weighted by Gasteiger charge is 2.18. The Bertz CT molecular complexity index is 1310. The molecule has 1 heterocycles. The molecule has 0 bridgehead atoms. The summed E-state index contributed by atoms with van der Waals surface area (Å²) >= 11 is 3.52. The van der Waals surface area contributed by atoms with Gasteiger partial charge in [-0.1, -0.05) is 64.5 Å². The number of para-hydroxylation sites is 2. The lowest BCUT2D eigenvalue weighted by Crippen LogP contribution is -1.93. The Morgan fingerprint density at radius 1 is 0.692 bits per heavy atom. The Hall–Kier alpha value is -2.98. The Balaban J connectivity index is 2.04. The molecule has 0 spiro atoms. The van der Waals surface area contributed by atoms with Crippen molar-refractivity contribution in [1.82, 2.24) is 9.97 Å². The fourth-order valence-electron chi connectivity index (χ4n) is 3.42. The van der Waals surface area contributed by atoms with Gasteiger partial charge >= 0.3 is 0 Å². The molecule has 0 saturated heterocycles. The number of fused-ring (bicyclic) bond motifs is 4. The number of hydrogen-bond donors (Lipinski definition) is 1. The smallest absolute Gasteiger partial charge is 0.133 e. The predicted molar refractivity (Wildman–Crippen MR) is 109 cm³/mol. The second-order valence-electron chi connectivity index (χ2n) is 6.19. The minimum Gasteiger partial charge on any atom is -0.507 e. The molecule has 0 amide bonds. The van der Waals surface area contributed by atoms with Gasteiger partial charge in [0.15, 0.2) is 0 Å². The Morgan fingerprint density at radius 2 is 1.35 bits per heavy atom. The molecule has 4 aromatic carbocycles. The second-order valence-corrected chi connectivity index (χ2v) is 7.10. The van der Waals surface area contributed by atoms with Gasteiger partial charge in [0.2, 0.25) is 0 Å². The van der Waals surface area contributed by atoms with Gasteiger partial charge in [-0.2, -0.15) is 0 Å². The van der Waals surface area contributed by atoms with Gasteiger partial charge < -0.3 is 5.11 Å². The van der Waals surface area contributed by atoms with E-state index in [4.69, 9.17) is 9.97 Å². The van der Waals surface area contributed by atoms with Crippen molar-refractivity contribution in [2.24, 2.45) is 0 Å². The summed E-state index contributed by atoms with van der Waals surface area (Å²) in [6, 6.07) is 23.5. The summed E-state index contributed by atoms with van der Waals surface area (Å²) in [6.45, 7) is 0. The first-order chi connectivity index (χ1) is 12.7. The number of nitrogens with zero attached hydrogens (tertiary/aromatic N) is 2. The van der Waals surface area contributed by atoms with E-state index in [1.807, 2.05) is 72.8 Å². The molecule has 0 aliphatic rings. The minimum absolute atomic E-state index is 0.232. The van der Waals surface area contributed by atoms with Crippen LogP contribution in [0, 0.1) is 0 Å². The summed E-state index contributed by atoms with van der Waals surface area (Å²) < 4.78 is 0.949. The van der Waals surface area contributed by atoms with E-state index in [9.17, 15) is 5.11 Å². The summed E-state index contributed by atoms with van der Waals surface area (Å²) in [6.07, 6.45) is 0. The SMILES string of the molecule is Oc1c(-c2cccc(Br)c2)c2nc3ccccc3nc2c2ccccc12. The van der Waals surface area contributed by atoms with Gasteiger partial charge in [0, 0.05) is 15.2 Å². The van der Waals surface area contributed by atoms with Crippen molar-refractivity contribution in [2.45, 2.75) is 0 Å². The molecule has 0 aliphatic carbocycles. The molecular weight excluding hydrogens is 388 g/mol. The third-order valence-electron chi connectivity index (χ3n) is 4.59. The molecule has 0 atom stereocenters. The summed E-state index contributed by atoms with van der Waals surface area (Å²) in [5.41, 5.74) is 4.77. The van der Waals surface area contributed by atoms with E-state index < -0.39 is 0 Å². The quantitative estimate of drug-likeness (QED) is 0.274. The van der Waals surface area contributed by atoms with Crippen LogP contribution in [0.25, 0.3) is 44.0 Å². The first-order valence-electron chi connectivity index (χ1n) is 8.28. The summed E-state index contributed by atoms with van der Waals surface area (Å²) in [5.74, 6) is 0.232. The van der Waals surface area contributed by atoms with Crippen molar-refractivity contribution in [3.8, 4) is 16.9 Å². The van der Waals surface area contributed by atoms with Crippen LogP contribution in [0.1, 0.15) is 0 Å². The molecule has 26 heavy (non-hydrogen) atoms. The Kier molecular flexibility index (Phi) is 3.40. The number of aromatic hydroxyl groups is 1. The summed E-state index contributed by atoms with van der Waals surface area (Å²) in [5, 5.41) is 12.8. The van der Waals surface area contributed by atoms with E-state index in [-0.39, 0.29) is 5.75 Å². The topological polar surface area (TPSA) is 46.0 Å². The minimum atomic E-state index is 0.232. The van der Waals surface area contributed by atoms with Crippen LogP contribution in [0.5, 0.6) is 5.75 Å². The van der Waals surface area contributed by atoms with Crippen molar-refractivity contribution < 1.29 is 5.11 Å². The van der Waals surface area contributed by atoms with E-state index in [1.165, 1.54) is 0 Å². The Morgan fingerprint density at radius 3 is 2.08 bits per heavy atom. The molecular formula is C22H13BrN2O. The van der Waals surface area contributed by atoms with Gasteiger partial charge in [-0.15, -0.1) is 0 Å². The van der Waals surface area contributed by atoms with E-state index in [0.717, 1.165) is 37.4 Å². The fourth-order valence-corrected chi connectivity index (χ4v) is 3.82. The monoisotopic (exact) mass is 400 g/mol. The average Bonchev–Trinajstić information content (AvgIpc) is 2.67. The van der Waals surface area contributed by atoms with Gasteiger partial charge in [0.1, 0.15) is 11.3 Å². The number of hydrogen-bond acceptors (Lipinski definition) is 3. The van der Waals surface area contributed by atoms with Crippen molar-refractivity contribution in [2.75, 3.05) is 0 Å². The first-order valence-corrected chi connectivity index (χ1v) is 9.08. The zero-order valence-electron chi connectivity index (χ0n) is 13.6.